The molecule has 0 saturated carbocycles. The van der Waals surface area contributed by atoms with Gasteiger partial charge in [0, 0.05) is 16.6 Å². The number of amides is 1. The Morgan fingerprint density at radius 1 is 1.24 bits per heavy atom. The number of nitrogens with zero attached hydrogens (tertiary/aromatic N) is 3. The number of aromatic nitrogens is 2. The number of rotatable bonds is 6. The number of benzene rings is 2. The van der Waals surface area contributed by atoms with Gasteiger partial charge in [0.15, 0.2) is 0 Å². The lowest BCUT2D eigenvalue weighted by atomic mass is 9.71. The molecule has 7 nitrogen and oxygen atoms in total. The Labute approximate surface area is 226 Å². The summed E-state index contributed by atoms with van der Waals surface area (Å²) in [5.41, 5.74) is -1.73. The van der Waals surface area contributed by atoms with Crippen LogP contribution in [0.2, 0.25) is 0 Å². The van der Waals surface area contributed by atoms with Gasteiger partial charge in [0.25, 0.3) is 5.89 Å². The molecule has 38 heavy (non-hydrogen) atoms. The zero-order chi connectivity index (χ0) is 27.7. The second-order valence-corrected chi connectivity index (χ2v) is 11.0. The molecule has 202 valence electrons. The highest BCUT2D eigenvalue weighted by molar-refractivity contribution is 9.10. The van der Waals surface area contributed by atoms with Gasteiger partial charge in [0.1, 0.15) is 17.9 Å². The van der Waals surface area contributed by atoms with E-state index in [2.05, 4.69) is 26.1 Å². The van der Waals surface area contributed by atoms with E-state index in [-0.39, 0.29) is 29.6 Å². The third-order valence-corrected chi connectivity index (χ3v) is 7.16. The minimum Gasteiger partial charge on any atom is -0.489 e. The van der Waals surface area contributed by atoms with Crippen molar-refractivity contribution in [1.29, 1.82) is 0 Å². The van der Waals surface area contributed by atoms with Crippen molar-refractivity contribution in [2.45, 2.75) is 45.3 Å². The van der Waals surface area contributed by atoms with Crippen LogP contribution >= 0.6 is 15.9 Å². The summed E-state index contributed by atoms with van der Waals surface area (Å²) in [6, 6.07) is 11.0. The van der Waals surface area contributed by atoms with Gasteiger partial charge < -0.3 is 14.4 Å². The van der Waals surface area contributed by atoms with Crippen LogP contribution in [0.4, 0.5) is 18.0 Å². The van der Waals surface area contributed by atoms with Crippen LogP contribution in [0.3, 0.4) is 0 Å². The summed E-state index contributed by atoms with van der Waals surface area (Å²) in [7, 11) is 0. The fourth-order valence-electron chi connectivity index (χ4n) is 4.86. The quantitative estimate of drug-likeness (QED) is 0.316. The number of halogens is 4. The van der Waals surface area contributed by atoms with Gasteiger partial charge in [-0.2, -0.15) is 18.2 Å². The minimum absolute atomic E-state index is 0.0615. The van der Waals surface area contributed by atoms with Crippen molar-refractivity contribution in [2.24, 2.45) is 5.41 Å². The summed E-state index contributed by atoms with van der Waals surface area (Å²) >= 11 is 3.37. The first-order valence-electron chi connectivity index (χ1n) is 11.9. The lowest BCUT2D eigenvalue weighted by molar-refractivity contribution is -0.138. The van der Waals surface area contributed by atoms with Gasteiger partial charge >= 0.3 is 12.3 Å². The van der Waals surface area contributed by atoms with Gasteiger partial charge in [0.2, 0.25) is 5.82 Å². The first-order valence-corrected chi connectivity index (χ1v) is 12.7. The first kappa shape index (κ1) is 27.7. The molecule has 0 aliphatic carbocycles. The molecule has 11 heteroatoms. The molecule has 3 aromatic rings. The third-order valence-electron chi connectivity index (χ3n) is 6.67. The fraction of sp³-hybridized carbons (Fsp3) is 0.370. The van der Waals surface area contributed by atoms with E-state index in [4.69, 9.17) is 9.26 Å². The highest BCUT2D eigenvalue weighted by Crippen LogP contribution is 2.51. The number of carbonyl (C=O) groups is 1. The van der Waals surface area contributed by atoms with Crippen LogP contribution in [0.1, 0.15) is 50.6 Å². The molecule has 0 bridgehead atoms. The molecular formula is C27H27BrF3N3O4. The van der Waals surface area contributed by atoms with Crippen molar-refractivity contribution < 1.29 is 32.3 Å². The Morgan fingerprint density at radius 3 is 2.66 bits per heavy atom. The third kappa shape index (κ3) is 5.43. The monoisotopic (exact) mass is 593 g/mol. The van der Waals surface area contributed by atoms with E-state index in [9.17, 15) is 23.1 Å². The number of alkyl halides is 3. The van der Waals surface area contributed by atoms with Crippen LogP contribution in [0, 0.1) is 5.41 Å². The topological polar surface area (TPSA) is 88.7 Å². The second-order valence-electron chi connectivity index (χ2n) is 10.0. The maximum Gasteiger partial charge on any atom is 0.419 e. The van der Waals surface area contributed by atoms with Crippen molar-refractivity contribution in [3.05, 3.63) is 70.0 Å². The van der Waals surface area contributed by atoms with Crippen molar-refractivity contribution in [3.8, 4) is 17.1 Å². The van der Waals surface area contributed by atoms with Gasteiger partial charge in [-0.25, -0.2) is 4.79 Å². The van der Waals surface area contributed by atoms with Crippen molar-refractivity contribution >= 4 is 28.1 Å². The van der Waals surface area contributed by atoms with Gasteiger partial charge in [-0.3, -0.25) is 4.90 Å². The van der Waals surface area contributed by atoms with Gasteiger partial charge in [-0.15, -0.1) is 0 Å². The molecule has 1 N–H and O–H groups in total. The predicted molar refractivity (Wildman–Crippen MR) is 139 cm³/mol. The highest BCUT2D eigenvalue weighted by Gasteiger charge is 2.57. The molecule has 1 amide bonds. The Kier molecular flexibility index (Phi) is 7.60. The summed E-state index contributed by atoms with van der Waals surface area (Å²) in [6.07, 6.45) is -1.37. The number of hydrogen-bond acceptors (Lipinski definition) is 5. The second kappa shape index (κ2) is 10.4. The van der Waals surface area contributed by atoms with Gasteiger partial charge in [-0.1, -0.05) is 60.1 Å². The molecule has 1 aliphatic rings. The van der Waals surface area contributed by atoms with Crippen LogP contribution in [0.25, 0.3) is 17.5 Å². The van der Waals surface area contributed by atoms with Crippen LogP contribution in [-0.4, -0.2) is 39.4 Å². The number of likely N-dealkylation sites (tertiary alicyclic amines) is 1. The Balaban J connectivity index is 1.62. The molecule has 0 radical (unpaired) electrons. The average Bonchev–Trinajstić information content (AvgIpc) is 3.49. The van der Waals surface area contributed by atoms with Gasteiger partial charge in [0.05, 0.1) is 5.56 Å². The molecule has 1 saturated heterocycles. The Morgan fingerprint density at radius 2 is 2.00 bits per heavy atom. The molecule has 2 heterocycles. The zero-order valence-electron chi connectivity index (χ0n) is 21.1. The van der Waals surface area contributed by atoms with Crippen LogP contribution < -0.4 is 4.74 Å². The normalized spacial score (nSPS) is 18.3. The molecule has 1 fully saturated rings. The summed E-state index contributed by atoms with van der Waals surface area (Å²) in [4.78, 5) is 17.7. The molecule has 0 unspecified atom stereocenters. The molecule has 4 rings (SSSR count). The zero-order valence-corrected chi connectivity index (χ0v) is 22.6. The SMILES string of the molecule is CC(C)(C)[C@]1(c2nc(-c3ccc(OCC=Cc4cccc(Br)c4)c(C(F)(F)F)c3)no2)CCCN1C(=O)O. The lowest BCUT2D eigenvalue weighted by Crippen LogP contribution is -2.53. The van der Waals surface area contributed by atoms with E-state index < -0.39 is 28.8 Å². The summed E-state index contributed by atoms with van der Waals surface area (Å²) in [5.74, 6) is -0.332. The molecule has 2 aromatic carbocycles. The molecule has 1 aromatic heterocycles. The average molecular weight is 594 g/mol. The maximum atomic E-state index is 13.9. The largest absolute Gasteiger partial charge is 0.489 e. The first-order chi connectivity index (χ1) is 17.8. The number of hydrogen-bond donors (Lipinski definition) is 1. The smallest absolute Gasteiger partial charge is 0.419 e. The van der Waals surface area contributed by atoms with E-state index in [0.717, 1.165) is 16.1 Å². The standard InChI is InChI=1S/C27H27BrF3N3O4/c1-25(2,3)26(12-6-13-34(26)24(35)36)23-32-22(33-38-23)18-10-11-21(20(16-18)27(29,30)31)37-14-5-8-17-7-4-9-19(28)15-17/h4-5,7-11,15-16H,6,12-14H2,1-3H3,(H,35,36)/t26-/m1/s1. The van der Waals surface area contributed by atoms with E-state index in [1.54, 1.807) is 12.2 Å². The number of carboxylic acid groups (broad SMARTS) is 1. The fourth-order valence-corrected chi connectivity index (χ4v) is 5.28. The molecular weight excluding hydrogens is 567 g/mol. The molecule has 1 aliphatic heterocycles. The van der Waals surface area contributed by atoms with E-state index in [0.29, 0.717) is 19.4 Å². The Hall–Kier alpha value is -3.34. The maximum absolute atomic E-state index is 13.9. The molecule has 0 spiro atoms. The van der Waals surface area contributed by atoms with E-state index in [1.807, 2.05) is 45.0 Å². The van der Waals surface area contributed by atoms with Crippen LogP contribution in [0.5, 0.6) is 5.75 Å². The Bertz CT molecular complexity index is 1350. The van der Waals surface area contributed by atoms with Gasteiger partial charge in [-0.05, 0) is 60.2 Å². The molecule has 1 atom stereocenters. The summed E-state index contributed by atoms with van der Waals surface area (Å²) in [5, 5.41) is 13.7. The number of ether oxygens (including phenoxy) is 1. The highest BCUT2D eigenvalue weighted by atomic mass is 79.9. The van der Waals surface area contributed by atoms with Crippen LogP contribution in [-0.2, 0) is 11.7 Å². The van der Waals surface area contributed by atoms with Crippen molar-refractivity contribution in [2.75, 3.05) is 13.2 Å². The summed E-state index contributed by atoms with van der Waals surface area (Å²) < 4.78 is 53.6. The minimum atomic E-state index is -4.69. The van der Waals surface area contributed by atoms with Crippen LogP contribution in [0.15, 0.2) is 57.5 Å². The van der Waals surface area contributed by atoms with Crippen molar-refractivity contribution in [3.63, 3.8) is 0 Å². The van der Waals surface area contributed by atoms with Crippen molar-refractivity contribution in [1.82, 2.24) is 15.0 Å². The van der Waals surface area contributed by atoms with E-state index in [1.165, 1.54) is 17.0 Å². The van der Waals surface area contributed by atoms with E-state index >= 15 is 0 Å². The lowest BCUT2D eigenvalue weighted by Gasteiger charge is -2.43. The summed E-state index contributed by atoms with van der Waals surface area (Å²) in [6.45, 7) is 5.84. The predicted octanol–water partition coefficient (Wildman–Crippen LogP) is 7.63.